The van der Waals surface area contributed by atoms with Gasteiger partial charge in [-0.15, -0.1) is 0 Å². The van der Waals surface area contributed by atoms with Crippen molar-refractivity contribution >= 4 is 0 Å². The highest BCUT2D eigenvalue weighted by Crippen LogP contribution is 2.38. The lowest BCUT2D eigenvalue weighted by Gasteiger charge is -2.29. The van der Waals surface area contributed by atoms with Crippen LogP contribution in [-0.4, -0.2) is 18.3 Å². The second-order valence-electron chi connectivity index (χ2n) is 4.54. The molecule has 94 valence electrons. The summed E-state index contributed by atoms with van der Waals surface area (Å²) in [5.41, 5.74) is 0.845. The van der Waals surface area contributed by atoms with Crippen LogP contribution in [-0.2, 0) is 0 Å². The van der Waals surface area contributed by atoms with E-state index in [1.165, 1.54) is 0 Å². The number of aliphatic hydroxyl groups is 1. The van der Waals surface area contributed by atoms with Crippen molar-refractivity contribution < 1.29 is 14.6 Å². The summed E-state index contributed by atoms with van der Waals surface area (Å²) in [7, 11) is 1.63. The average molecular weight is 236 g/mol. The molecule has 0 amide bonds. The first-order chi connectivity index (χ1) is 8.24. The molecule has 0 bridgehead atoms. The Labute approximate surface area is 102 Å². The van der Waals surface area contributed by atoms with Gasteiger partial charge in [0.05, 0.1) is 13.2 Å². The van der Waals surface area contributed by atoms with Crippen molar-refractivity contribution in [2.75, 3.05) is 7.11 Å². The van der Waals surface area contributed by atoms with Crippen LogP contribution in [0.3, 0.4) is 0 Å². The number of hydrogen-bond acceptors (Lipinski definition) is 3. The second-order valence-corrected chi connectivity index (χ2v) is 4.54. The van der Waals surface area contributed by atoms with Crippen LogP contribution in [0.5, 0.6) is 11.5 Å². The third-order valence-corrected chi connectivity index (χ3v) is 3.24. The van der Waals surface area contributed by atoms with Crippen LogP contribution in [0.4, 0.5) is 0 Å². The van der Waals surface area contributed by atoms with Crippen molar-refractivity contribution in [2.24, 2.45) is 0 Å². The summed E-state index contributed by atoms with van der Waals surface area (Å²) < 4.78 is 11.0. The largest absolute Gasteiger partial charge is 0.497 e. The molecule has 1 aromatic carbocycles. The monoisotopic (exact) mass is 236 g/mol. The summed E-state index contributed by atoms with van der Waals surface area (Å²) in [6.07, 6.45) is 3.70. The molecule has 1 aromatic rings. The Morgan fingerprint density at radius 3 is 3.00 bits per heavy atom. The molecule has 0 saturated carbocycles. The van der Waals surface area contributed by atoms with Gasteiger partial charge in [-0.1, -0.05) is 19.8 Å². The minimum Gasteiger partial charge on any atom is -0.497 e. The van der Waals surface area contributed by atoms with E-state index in [1.54, 1.807) is 7.11 Å². The molecule has 1 unspecified atom stereocenters. The SMILES string of the molecule is CCCCC1C[C@H](O)c2cc(OC)ccc2O1. The predicted molar refractivity (Wildman–Crippen MR) is 66.5 cm³/mol. The molecular formula is C14H20O3. The third-order valence-electron chi connectivity index (χ3n) is 3.24. The lowest BCUT2D eigenvalue weighted by atomic mass is 9.96. The van der Waals surface area contributed by atoms with Gasteiger partial charge in [-0.2, -0.15) is 0 Å². The maximum atomic E-state index is 10.1. The lowest BCUT2D eigenvalue weighted by molar-refractivity contribution is 0.0604. The quantitative estimate of drug-likeness (QED) is 0.873. The number of methoxy groups -OCH3 is 1. The highest BCUT2D eigenvalue weighted by atomic mass is 16.5. The molecule has 2 atom stereocenters. The van der Waals surface area contributed by atoms with Gasteiger partial charge < -0.3 is 14.6 Å². The summed E-state index contributed by atoms with van der Waals surface area (Å²) in [5, 5.41) is 10.1. The molecule has 3 nitrogen and oxygen atoms in total. The van der Waals surface area contributed by atoms with Gasteiger partial charge >= 0.3 is 0 Å². The zero-order valence-electron chi connectivity index (χ0n) is 10.5. The van der Waals surface area contributed by atoms with Crippen LogP contribution in [0, 0.1) is 0 Å². The van der Waals surface area contributed by atoms with E-state index in [-0.39, 0.29) is 6.10 Å². The molecule has 1 heterocycles. The summed E-state index contributed by atoms with van der Waals surface area (Å²) in [5.74, 6) is 1.56. The van der Waals surface area contributed by atoms with Gasteiger partial charge in [0.1, 0.15) is 17.6 Å². The molecule has 0 aromatic heterocycles. The number of fused-ring (bicyclic) bond motifs is 1. The van der Waals surface area contributed by atoms with Crippen LogP contribution in [0.25, 0.3) is 0 Å². The fraction of sp³-hybridized carbons (Fsp3) is 0.571. The van der Waals surface area contributed by atoms with E-state index in [0.29, 0.717) is 6.42 Å². The fourth-order valence-corrected chi connectivity index (χ4v) is 2.23. The molecule has 1 aliphatic heterocycles. The second kappa shape index (κ2) is 5.41. The molecular weight excluding hydrogens is 216 g/mol. The predicted octanol–water partition coefficient (Wildman–Crippen LogP) is 3.07. The third kappa shape index (κ3) is 2.72. The van der Waals surface area contributed by atoms with Gasteiger partial charge in [-0.25, -0.2) is 0 Å². The Morgan fingerprint density at radius 2 is 2.29 bits per heavy atom. The van der Waals surface area contributed by atoms with Crippen LogP contribution in [0.1, 0.15) is 44.3 Å². The highest BCUT2D eigenvalue weighted by molar-refractivity contribution is 5.43. The number of ether oxygens (including phenoxy) is 2. The van der Waals surface area contributed by atoms with E-state index < -0.39 is 6.10 Å². The molecule has 1 N–H and O–H groups in total. The van der Waals surface area contributed by atoms with E-state index in [1.807, 2.05) is 18.2 Å². The average Bonchev–Trinajstić information content (AvgIpc) is 2.36. The molecule has 1 aliphatic rings. The Morgan fingerprint density at radius 1 is 1.47 bits per heavy atom. The Balaban J connectivity index is 2.14. The Kier molecular flexibility index (Phi) is 3.89. The molecule has 0 aliphatic carbocycles. The molecule has 0 radical (unpaired) electrons. The van der Waals surface area contributed by atoms with Crippen molar-refractivity contribution in [2.45, 2.75) is 44.8 Å². The normalized spacial score (nSPS) is 22.8. The smallest absolute Gasteiger partial charge is 0.125 e. The first-order valence-corrected chi connectivity index (χ1v) is 6.27. The van der Waals surface area contributed by atoms with Crippen molar-refractivity contribution in [1.29, 1.82) is 0 Å². The fourth-order valence-electron chi connectivity index (χ4n) is 2.23. The van der Waals surface area contributed by atoms with Gasteiger partial charge in [0.2, 0.25) is 0 Å². The first-order valence-electron chi connectivity index (χ1n) is 6.27. The lowest BCUT2D eigenvalue weighted by Crippen LogP contribution is -2.25. The van der Waals surface area contributed by atoms with E-state index in [2.05, 4.69) is 6.92 Å². The van der Waals surface area contributed by atoms with E-state index in [0.717, 1.165) is 36.3 Å². The van der Waals surface area contributed by atoms with Crippen LogP contribution in [0.2, 0.25) is 0 Å². The molecule has 17 heavy (non-hydrogen) atoms. The van der Waals surface area contributed by atoms with Gasteiger partial charge in [0.25, 0.3) is 0 Å². The number of rotatable bonds is 4. The molecule has 0 spiro atoms. The zero-order chi connectivity index (χ0) is 12.3. The minimum absolute atomic E-state index is 0.144. The van der Waals surface area contributed by atoms with Crippen LogP contribution >= 0.6 is 0 Å². The zero-order valence-corrected chi connectivity index (χ0v) is 10.5. The summed E-state index contributed by atoms with van der Waals surface area (Å²) in [6, 6.07) is 5.61. The molecule has 3 heteroatoms. The van der Waals surface area contributed by atoms with Crippen molar-refractivity contribution in [3.8, 4) is 11.5 Å². The minimum atomic E-state index is -0.435. The van der Waals surface area contributed by atoms with Crippen LogP contribution in [0.15, 0.2) is 18.2 Å². The Bertz CT molecular complexity index is 376. The number of benzene rings is 1. The number of aliphatic hydroxyl groups excluding tert-OH is 1. The highest BCUT2D eigenvalue weighted by Gasteiger charge is 2.26. The summed E-state index contributed by atoms with van der Waals surface area (Å²) in [6.45, 7) is 2.16. The standard InChI is InChI=1S/C14H20O3/c1-3-4-5-11-9-13(15)12-8-10(16-2)6-7-14(12)17-11/h6-8,11,13,15H,3-5,9H2,1-2H3/t11?,13-/m0/s1. The summed E-state index contributed by atoms with van der Waals surface area (Å²) in [4.78, 5) is 0. The van der Waals surface area contributed by atoms with E-state index >= 15 is 0 Å². The van der Waals surface area contributed by atoms with Crippen molar-refractivity contribution in [3.05, 3.63) is 23.8 Å². The van der Waals surface area contributed by atoms with Gasteiger partial charge in [0, 0.05) is 12.0 Å². The summed E-state index contributed by atoms with van der Waals surface area (Å²) >= 11 is 0. The molecule has 2 rings (SSSR count). The number of unbranched alkanes of at least 4 members (excludes halogenated alkanes) is 1. The first kappa shape index (κ1) is 12.2. The van der Waals surface area contributed by atoms with Gasteiger partial charge in [0.15, 0.2) is 0 Å². The maximum absolute atomic E-state index is 10.1. The van der Waals surface area contributed by atoms with Crippen molar-refractivity contribution in [3.63, 3.8) is 0 Å². The molecule has 0 saturated heterocycles. The van der Waals surface area contributed by atoms with Gasteiger partial charge in [-0.3, -0.25) is 0 Å². The topological polar surface area (TPSA) is 38.7 Å². The van der Waals surface area contributed by atoms with Crippen LogP contribution < -0.4 is 9.47 Å². The van der Waals surface area contributed by atoms with E-state index in [4.69, 9.17) is 9.47 Å². The van der Waals surface area contributed by atoms with E-state index in [9.17, 15) is 5.11 Å². The molecule has 0 fully saturated rings. The maximum Gasteiger partial charge on any atom is 0.125 e. The van der Waals surface area contributed by atoms with Crippen molar-refractivity contribution in [1.82, 2.24) is 0 Å². The van der Waals surface area contributed by atoms with Gasteiger partial charge in [-0.05, 0) is 24.6 Å². The number of hydrogen-bond donors (Lipinski definition) is 1. The Hall–Kier alpha value is -1.22.